The van der Waals surface area contributed by atoms with Gasteiger partial charge >= 0.3 is 0 Å². The molecule has 0 bridgehead atoms. The van der Waals surface area contributed by atoms with Crippen molar-refractivity contribution in [2.75, 3.05) is 18.0 Å². The Kier molecular flexibility index (Phi) is 2.25. The summed E-state index contributed by atoms with van der Waals surface area (Å²) >= 11 is 11.9. The summed E-state index contributed by atoms with van der Waals surface area (Å²) in [5, 5.41) is 0.482. The second-order valence-corrected chi connectivity index (χ2v) is 4.89. The maximum atomic E-state index is 5.99. The molecule has 5 heteroatoms. The second kappa shape index (κ2) is 3.49. The summed E-state index contributed by atoms with van der Waals surface area (Å²) < 4.78 is 0. The number of aromatic nitrogens is 2. The standard InChI is InChI=1S/C10H11Cl2N3/c11-2-8-9(12)13-5-14-10(8)15-3-6-1-7(6)4-15/h5-7H,1-4H2. The third-order valence-electron chi connectivity index (χ3n) is 3.28. The number of piperidine rings is 1. The van der Waals surface area contributed by atoms with Gasteiger partial charge in [0.2, 0.25) is 0 Å². The van der Waals surface area contributed by atoms with Gasteiger partial charge in [-0.1, -0.05) is 11.6 Å². The molecular formula is C10H11Cl2N3. The van der Waals surface area contributed by atoms with Gasteiger partial charge in [-0.2, -0.15) is 0 Å². The Bertz CT molecular complexity index is 386. The van der Waals surface area contributed by atoms with Gasteiger partial charge in [0.05, 0.1) is 5.88 Å². The number of rotatable bonds is 2. The Morgan fingerprint density at radius 2 is 2.07 bits per heavy atom. The summed E-state index contributed by atoms with van der Waals surface area (Å²) in [6.45, 7) is 2.20. The molecule has 0 N–H and O–H groups in total. The fourth-order valence-corrected chi connectivity index (χ4v) is 2.85. The predicted octanol–water partition coefficient (Wildman–Crippen LogP) is 2.32. The third kappa shape index (κ3) is 1.58. The fraction of sp³-hybridized carbons (Fsp3) is 0.600. The van der Waals surface area contributed by atoms with E-state index in [1.165, 1.54) is 12.7 Å². The first-order chi connectivity index (χ1) is 7.29. The lowest BCUT2D eigenvalue weighted by atomic mass is 10.3. The molecular weight excluding hydrogens is 233 g/mol. The predicted molar refractivity (Wildman–Crippen MR) is 60.4 cm³/mol. The van der Waals surface area contributed by atoms with Crippen LogP contribution >= 0.6 is 23.2 Å². The van der Waals surface area contributed by atoms with E-state index in [4.69, 9.17) is 23.2 Å². The maximum Gasteiger partial charge on any atom is 0.138 e. The highest BCUT2D eigenvalue weighted by atomic mass is 35.5. The van der Waals surface area contributed by atoms with Crippen molar-refractivity contribution < 1.29 is 0 Å². The normalized spacial score (nSPS) is 28.0. The Morgan fingerprint density at radius 3 is 2.73 bits per heavy atom. The van der Waals surface area contributed by atoms with E-state index < -0.39 is 0 Å². The Hall–Kier alpha value is -0.540. The topological polar surface area (TPSA) is 29.0 Å². The van der Waals surface area contributed by atoms with Crippen LogP contribution in [0.3, 0.4) is 0 Å². The lowest BCUT2D eigenvalue weighted by Gasteiger charge is -2.21. The van der Waals surface area contributed by atoms with Crippen LogP contribution in [0.15, 0.2) is 6.33 Å². The van der Waals surface area contributed by atoms with Crippen LogP contribution in [0.1, 0.15) is 12.0 Å². The highest BCUT2D eigenvalue weighted by Gasteiger charge is 2.45. The van der Waals surface area contributed by atoms with E-state index in [0.717, 1.165) is 36.3 Å². The van der Waals surface area contributed by atoms with Crippen LogP contribution in [0, 0.1) is 11.8 Å². The highest BCUT2D eigenvalue weighted by molar-refractivity contribution is 6.31. The smallest absolute Gasteiger partial charge is 0.138 e. The molecule has 0 aromatic carbocycles. The monoisotopic (exact) mass is 243 g/mol. The Balaban J connectivity index is 1.93. The van der Waals surface area contributed by atoms with Gasteiger partial charge in [0, 0.05) is 18.7 Å². The second-order valence-electron chi connectivity index (χ2n) is 4.26. The van der Waals surface area contributed by atoms with E-state index >= 15 is 0 Å². The molecule has 1 aromatic rings. The molecule has 2 heterocycles. The van der Waals surface area contributed by atoms with Crippen LogP contribution in [0.4, 0.5) is 5.82 Å². The molecule has 1 saturated heterocycles. The van der Waals surface area contributed by atoms with Crippen LogP contribution in [-0.4, -0.2) is 23.1 Å². The van der Waals surface area contributed by atoms with E-state index in [-0.39, 0.29) is 0 Å². The molecule has 3 nitrogen and oxygen atoms in total. The first-order valence-electron chi connectivity index (χ1n) is 5.10. The fourth-order valence-electron chi connectivity index (χ4n) is 2.34. The Morgan fingerprint density at radius 1 is 1.33 bits per heavy atom. The number of hydrogen-bond acceptors (Lipinski definition) is 3. The first-order valence-corrected chi connectivity index (χ1v) is 6.01. The molecule has 80 valence electrons. The van der Waals surface area contributed by atoms with Crippen LogP contribution in [0.25, 0.3) is 0 Å². The Labute approximate surface area is 98.4 Å². The molecule has 2 atom stereocenters. The molecule has 2 unspecified atom stereocenters. The van der Waals surface area contributed by atoms with Crippen molar-refractivity contribution >= 4 is 29.0 Å². The summed E-state index contributed by atoms with van der Waals surface area (Å²) in [5.74, 6) is 3.06. The van der Waals surface area contributed by atoms with Gasteiger partial charge in [-0.05, 0) is 18.3 Å². The molecule has 2 fully saturated rings. The summed E-state index contributed by atoms with van der Waals surface area (Å²) in [6, 6.07) is 0. The third-order valence-corrected chi connectivity index (χ3v) is 3.88. The highest BCUT2D eigenvalue weighted by Crippen LogP contribution is 2.46. The largest absolute Gasteiger partial charge is 0.356 e. The summed E-state index contributed by atoms with van der Waals surface area (Å²) in [4.78, 5) is 10.5. The van der Waals surface area contributed by atoms with Crippen LogP contribution in [0.5, 0.6) is 0 Å². The number of nitrogens with zero attached hydrogens (tertiary/aromatic N) is 3. The quantitative estimate of drug-likeness (QED) is 0.590. The maximum absolute atomic E-state index is 5.99. The van der Waals surface area contributed by atoms with Gasteiger partial charge in [-0.25, -0.2) is 9.97 Å². The minimum absolute atomic E-state index is 0.376. The number of alkyl halides is 1. The van der Waals surface area contributed by atoms with E-state index in [0.29, 0.717) is 11.0 Å². The lowest BCUT2D eigenvalue weighted by molar-refractivity contribution is 0.797. The van der Waals surface area contributed by atoms with Gasteiger partial charge in [0.25, 0.3) is 0 Å². The average molecular weight is 244 g/mol. The van der Waals surface area contributed by atoms with Gasteiger partial charge in [0.1, 0.15) is 17.3 Å². The van der Waals surface area contributed by atoms with Gasteiger partial charge in [-0.3, -0.25) is 0 Å². The zero-order valence-electron chi connectivity index (χ0n) is 8.16. The van der Waals surface area contributed by atoms with E-state index in [9.17, 15) is 0 Å². The van der Waals surface area contributed by atoms with Gasteiger partial charge in [0.15, 0.2) is 0 Å². The minimum atomic E-state index is 0.376. The van der Waals surface area contributed by atoms with Crippen molar-refractivity contribution in [1.82, 2.24) is 9.97 Å². The summed E-state index contributed by atoms with van der Waals surface area (Å²) in [6.07, 6.45) is 2.89. The molecule has 2 aliphatic rings. The molecule has 1 aliphatic carbocycles. The van der Waals surface area contributed by atoms with Crippen molar-refractivity contribution in [3.8, 4) is 0 Å². The number of anilines is 1. The van der Waals surface area contributed by atoms with Crippen molar-refractivity contribution in [3.63, 3.8) is 0 Å². The van der Waals surface area contributed by atoms with Crippen molar-refractivity contribution in [2.24, 2.45) is 11.8 Å². The van der Waals surface area contributed by atoms with Crippen LogP contribution < -0.4 is 4.90 Å². The van der Waals surface area contributed by atoms with E-state index in [2.05, 4.69) is 14.9 Å². The molecule has 0 spiro atoms. The molecule has 15 heavy (non-hydrogen) atoms. The number of hydrogen-bond donors (Lipinski definition) is 0. The van der Waals surface area contributed by atoms with Crippen molar-refractivity contribution in [3.05, 3.63) is 17.0 Å². The zero-order chi connectivity index (χ0) is 10.4. The number of fused-ring (bicyclic) bond motifs is 1. The average Bonchev–Trinajstić information content (AvgIpc) is 2.85. The van der Waals surface area contributed by atoms with Gasteiger partial charge in [-0.15, -0.1) is 11.6 Å². The molecule has 0 radical (unpaired) electrons. The van der Waals surface area contributed by atoms with E-state index in [1.54, 1.807) is 0 Å². The summed E-state index contributed by atoms with van der Waals surface area (Å²) in [5.41, 5.74) is 0.863. The van der Waals surface area contributed by atoms with Gasteiger partial charge < -0.3 is 4.90 Å². The van der Waals surface area contributed by atoms with Crippen LogP contribution in [-0.2, 0) is 5.88 Å². The lowest BCUT2D eigenvalue weighted by Crippen LogP contribution is -2.24. The zero-order valence-corrected chi connectivity index (χ0v) is 9.67. The molecule has 1 saturated carbocycles. The first kappa shape index (κ1) is 9.67. The summed E-state index contributed by atoms with van der Waals surface area (Å²) in [7, 11) is 0. The molecule has 0 amide bonds. The number of halogens is 2. The molecule has 1 aliphatic heterocycles. The molecule has 3 rings (SSSR count). The molecule has 1 aromatic heterocycles. The van der Waals surface area contributed by atoms with Crippen molar-refractivity contribution in [1.29, 1.82) is 0 Å². The minimum Gasteiger partial charge on any atom is -0.356 e. The van der Waals surface area contributed by atoms with Crippen molar-refractivity contribution in [2.45, 2.75) is 12.3 Å². The van der Waals surface area contributed by atoms with E-state index in [1.807, 2.05) is 0 Å². The SMILES string of the molecule is ClCc1c(Cl)ncnc1N1CC2CC2C1. The van der Waals surface area contributed by atoms with Crippen LogP contribution in [0.2, 0.25) is 5.15 Å².